The van der Waals surface area contributed by atoms with Crippen molar-refractivity contribution in [3.8, 4) is 5.69 Å². The number of nitrogens with zero attached hydrogens (tertiary/aromatic N) is 6. The summed E-state index contributed by atoms with van der Waals surface area (Å²) in [7, 11) is 0. The molecule has 2 aromatic heterocycles. The number of likely N-dealkylation sites (tertiary alicyclic amines) is 1. The van der Waals surface area contributed by atoms with Crippen LogP contribution in [0, 0.1) is 5.92 Å². The second kappa shape index (κ2) is 10.1. The average molecular weight is 513 g/mol. The molecule has 9 heteroatoms. The number of fused-ring (bicyclic) bond motifs is 1. The van der Waals surface area contributed by atoms with Crippen LogP contribution in [-0.2, 0) is 11.3 Å². The van der Waals surface area contributed by atoms with Crippen molar-refractivity contribution in [1.82, 2.24) is 29.4 Å². The fourth-order valence-corrected chi connectivity index (χ4v) is 6.08. The minimum absolute atomic E-state index is 0.0150. The van der Waals surface area contributed by atoms with Gasteiger partial charge >= 0.3 is 0 Å². The number of hydrogen-bond donors (Lipinski definition) is 1. The number of hydrogen-bond acceptors (Lipinski definition) is 6. The van der Waals surface area contributed by atoms with Crippen LogP contribution in [0.15, 0.2) is 71.8 Å². The molecular weight excluding hydrogens is 480 g/mol. The van der Waals surface area contributed by atoms with Crippen molar-refractivity contribution in [3.63, 3.8) is 0 Å². The molecule has 2 aromatic carbocycles. The quantitative estimate of drug-likeness (QED) is 0.440. The fourth-order valence-electron chi connectivity index (χ4n) is 6.08. The Balaban J connectivity index is 1.15. The number of benzene rings is 2. The number of aromatic nitrogens is 5. The van der Waals surface area contributed by atoms with Gasteiger partial charge in [-0.05, 0) is 49.3 Å². The first kappa shape index (κ1) is 24.5. The highest BCUT2D eigenvalue weighted by Crippen LogP contribution is 2.39. The molecular formula is C29H32N6O3. The number of amides is 1. The summed E-state index contributed by atoms with van der Waals surface area (Å²) in [4.78, 5) is 33.1. The SMILES string of the molecule is O=C(C1CCCCC1c1ccccc1)N1CCC(O)(Cn2cnc3c(nnn3-c3ccccc3)c2=O)CC1. The third-order valence-electron chi connectivity index (χ3n) is 8.21. The number of rotatable bonds is 5. The van der Waals surface area contributed by atoms with Gasteiger partial charge in [-0.2, -0.15) is 4.68 Å². The maximum absolute atomic E-state index is 13.6. The van der Waals surface area contributed by atoms with E-state index in [9.17, 15) is 14.7 Å². The summed E-state index contributed by atoms with van der Waals surface area (Å²) >= 11 is 0. The maximum atomic E-state index is 13.6. The maximum Gasteiger partial charge on any atom is 0.283 e. The van der Waals surface area contributed by atoms with E-state index in [2.05, 4.69) is 27.4 Å². The summed E-state index contributed by atoms with van der Waals surface area (Å²) < 4.78 is 2.95. The molecule has 3 heterocycles. The number of carbonyl (C=O) groups is 1. The first-order valence-corrected chi connectivity index (χ1v) is 13.4. The van der Waals surface area contributed by atoms with Crippen LogP contribution in [-0.4, -0.2) is 59.1 Å². The highest BCUT2D eigenvalue weighted by molar-refractivity contribution is 5.80. The van der Waals surface area contributed by atoms with Crippen LogP contribution in [0.25, 0.3) is 16.9 Å². The standard InChI is InChI=1S/C29H32N6O3/c36-27(24-14-8-7-13-23(24)21-9-3-1-4-10-21)33-17-15-29(38,16-18-33)19-34-20-30-26-25(28(34)37)31-32-35(26)22-11-5-2-6-12-22/h1-6,9-12,20,23-24,38H,7-8,13-19H2. The molecule has 6 rings (SSSR count). The van der Waals surface area contributed by atoms with E-state index in [1.54, 1.807) is 0 Å². The molecule has 0 radical (unpaired) electrons. The average Bonchev–Trinajstić information content (AvgIpc) is 3.40. The molecule has 0 spiro atoms. The Morgan fingerprint density at radius 1 is 0.974 bits per heavy atom. The number of carbonyl (C=O) groups excluding carboxylic acids is 1. The summed E-state index contributed by atoms with van der Waals surface area (Å²) in [6, 6.07) is 19.8. The second-order valence-electron chi connectivity index (χ2n) is 10.6. The Bertz CT molecular complexity index is 1470. The molecule has 2 atom stereocenters. The van der Waals surface area contributed by atoms with Crippen molar-refractivity contribution in [3.05, 3.63) is 82.9 Å². The highest BCUT2D eigenvalue weighted by atomic mass is 16.3. The van der Waals surface area contributed by atoms with Crippen molar-refractivity contribution >= 4 is 17.1 Å². The monoisotopic (exact) mass is 512 g/mol. The number of piperidine rings is 1. The fraction of sp³-hybridized carbons (Fsp3) is 0.414. The number of aliphatic hydroxyl groups is 1. The van der Waals surface area contributed by atoms with E-state index in [-0.39, 0.29) is 35.4 Å². The molecule has 1 saturated carbocycles. The Hall–Kier alpha value is -3.85. The second-order valence-corrected chi connectivity index (χ2v) is 10.6. The van der Waals surface area contributed by atoms with Gasteiger partial charge in [-0.15, -0.1) is 5.10 Å². The minimum Gasteiger partial charge on any atom is -0.388 e. The molecule has 1 amide bonds. The van der Waals surface area contributed by atoms with Gasteiger partial charge in [-0.3, -0.25) is 14.2 Å². The summed E-state index contributed by atoms with van der Waals surface area (Å²) in [6.45, 7) is 1.05. The lowest BCUT2D eigenvalue weighted by molar-refractivity contribution is -0.142. The summed E-state index contributed by atoms with van der Waals surface area (Å²) in [6.07, 6.45) is 6.43. The van der Waals surface area contributed by atoms with E-state index in [1.165, 1.54) is 21.1 Å². The summed E-state index contributed by atoms with van der Waals surface area (Å²) in [5, 5.41) is 19.6. The zero-order valence-electron chi connectivity index (χ0n) is 21.3. The van der Waals surface area contributed by atoms with Crippen LogP contribution in [0.5, 0.6) is 0 Å². The smallest absolute Gasteiger partial charge is 0.283 e. The zero-order valence-corrected chi connectivity index (χ0v) is 21.3. The van der Waals surface area contributed by atoms with Crippen LogP contribution in [0.1, 0.15) is 50.0 Å². The zero-order chi connectivity index (χ0) is 26.1. The Morgan fingerprint density at radius 3 is 2.39 bits per heavy atom. The first-order valence-electron chi connectivity index (χ1n) is 13.4. The molecule has 0 bridgehead atoms. The third kappa shape index (κ3) is 4.62. The van der Waals surface area contributed by atoms with Crippen LogP contribution in [0.3, 0.4) is 0 Å². The molecule has 2 fully saturated rings. The van der Waals surface area contributed by atoms with Gasteiger partial charge in [-0.1, -0.05) is 66.6 Å². The summed E-state index contributed by atoms with van der Waals surface area (Å²) in [5.41, 5.74) is 1.11. The van der Waals surface area contributed by atoms with Gasteiger partial charge in [0.25, 0.3) is 5.56 Å². The predicted molar refractivity (Wildman–Crippen MR) is 143 cm³/mol. The normalized spacial score (nSPS) is 21.4. The molecule has 1 saturated heterocycles. The molecule has 1 aliphatic carbocycles. The van der Waals surface area contributed by atoms with E-state index in [1.807, 2.05) is 53.4 Å². The minimum atomic E-state index is -1.10. The third-order valence-corrected chi connectivity index (χ3v) is 8.21. The molecule has 1 N–H and O–H groups in total. The van der Waals surface area contributed by atoms with E-state index in [0.29, 0.717) is 31.6 Å². The molecule has 196 valence electrons. The first-order chi connectivity index (χ1) is 18.5. The Labute approximate surface area is 220 Å². The Kier molecular flexibility index (Phi) is 6.53. The van der Waals surface area contributed by atoms with E-state index < -0.39 is 5.60 Å². The van der Waals surface area contributed by atoms with Crippen molar-refractivity contribution in [1.29, 1.82) is 0 Å². The van der Waals surface area contributed by atoms with Crippen molar-refractivity contribution in [2.45, 2.75) is 56.6 Å². The molecule has 1 aliphatic heterocycles. The molecule has 38 heavy (non-hydrogen) atoms. The molecule has 2 aliphatic rings. The predicted octanol–water partition coefficient (Wildman–Crippen LogP) is 3.30. The van der Waals surface area contributed by atoms with E-state index in [0.717, 1.165) is 31.4 Å². The van der Waals surface area contributed by atoms with Gasteiger partial charge in [0.15, 0.2) is 11.2 Å². The molecule has 9 nitrogen and oxygen atoms in total. The molecule has 4 aromatic rings. The highest BCUT2D eigenvalue weighted by Gasteiger charge is 2.39. The Morgan fingerprint density at radius 2 is 1.66 bits per heavy atom. The number of para-hydroxylation sites is 1. The van der Waals surface area contributed by atoms with Crippen LogP contribution >= 0.6 is 0 Å². The van der Waals surface area contributed by atoms with Gasteiger partial charge < -0.3 is 10.0 Å². The van der Waals surface area contributed by atoms with E-state index in [4.69, 9.17) is 0 Å². The lowest BCUT2D eigenvalue weighted by Crippen LogP contribution is -2.51. The van der Waals surface area contributed by atoms with Crippen molar-refractivity contribution < 1.29 is 9.90 Å². The van der Waals surface area contributed by atoms with Gasteiger partial charge in [0, 0.05) is 19.0 Å². The van der Waals surface area contributed by atoms with Crippen LogP contribution in [0.4, 0.5) is 0 Å². The van der Waals surface area contributed by atoms with Crippen LogP contribution < -0.4 is 5.56 Å². The largest absolute Gasteiger partial charge is 0.388 e. The van der Waals surface area contributed by atoms with Gasteiger partial charge in [0.1, 0.15) is 6.33 Å². The van der Waals surface area contributed by atoms with E-state index >= 15 is 0 Å². The van der Waals surface area contributed by atoms with Crippen molar-refractivity contribution in [2.75, 3.05) is 13.1 Å². The van der Waals surface area contributed by atoms with Crippen molar-refractivity contribution in [2.24, 2.45) is 5.92 Å². The topological polar surface area (TPSA) is 106 Å². The lowest BCUT2D eigenvalue weighted by atomic mass is 9.74. The molecule has 2 unspecified atom stereocenters. The lowest BCUT2D eigenvalue weighted by Gasteiger charge is -2.41. The van der Waals surface area contributed by atoms with Gasteiger partial charge in [-0.25, -0.2) is 4.98 Å². The summed E-state index contributed by atoms with van der Waals surface area (Å²) in [5.74, 6) is 0.427. The van der Waals surface area contributed by atoms with Gasteiger partial charge in [0.05, 0.1) is 17.8 Å². The van der Waals surface area contributed by atoms with Gasteiger partial charge in [0.2, 0.25) is 5.91 Å². The van der Waals surface area contributed by atoms with Crippen LogP contribution in [0.2, 0.25) is 0 Å².